The number of amides is 1. The van der Waals surface area contributed by atoms with E-state index in [4.69, 9.17) is 0 Å². The first-order chi connectivity index (χ1) is 12.2. The van der Waals surface area contributed by atoms with Crippen LogP contribution in [0, 0.1) is 10.1 Å². The Bertz CT molecular complexity index is 667. The van der Waals surface area contributed by atoms with E-state index in [0.29, 0.717) is 19.2 Å². The number of alkyl halides is 3. The van der Waals surface area contributed by atoms with Gasteiger partial charge in [-0.25, -0.2) is 0 Å². The molecule has 26 heavy (non-hydrogen) atoms. The lowest BCUT2D eigenvalue weighted by atomic mass is 10.1. The Labute approximate surface area is 148 Å². The molecule has 1 amide bonds. The monoisotopic (exact) mass is 374 g/mol. The zero-order valence-corrected chi connectivity index (χ0v) is 14.4. The quantitative estimate of drug-likeness (QED) is 0.633. The average molecular weight is 374 g/mol. The van der Waals surface area contributed by atoms with Crippen molar-refractivity contribution in [3.8, 4) is 0 Å². The van der Waals surface area contributed by atoms with E-state index in [1.54, 1.807) is 4.90 Å². The number of carbonyl (C=O) groups is 1. The van der Waals surface area contributed by atoms with Gasteiger partial charge in [0.15, 0.2) is 0 Å². The molecule has 1 N–H and O–H groups in total. The molecular weight excluding hydrogens is 353 g/mol. The van der Waals surface area contributed by atoms with Gasteiger partial charge in [0.25, 0.3) is 5.69 Å². The van der Waals surface area contributed by atoms with Gasteiger partial charge in [0.2, 0.25) is 5.91 Å². The maximum atomic E-state index is 12.7. The zero-order valence-electron chi connectivity index (χ0n) is 14.4. The predicted molar refractivity (Wildman–Crippen MR) is 89.9 cm³/mol. The molecule has 0 unspecified atom stereocenters. The number of nitro benzene ring substituents is 1. The van der Waals surface area contributed by atoms with Crippen LogP contribution in [0.1, 0.15) is 18.4 Å². The summed E-state index contributed by atoms with van der Waals surface area (Å²) in [6, 6.07) is 2.29. The Morgan fingerprint density at radius 1 is 1.27 bits per heavy atom. The van der Waals surface area contributed by atoms with Crippen molar-refractivity contribution in [1.82, 2.24) is 9.80 Å². The van der Waals surface area contributed by atoms with Crippen LogP contribution in [0.5, 0.6) is 0 Å². The van der Waals surface area contributed by atoms with Crippen molar-refractivity contribution in [2.45, 2.75) is 19.0 Å². The lowest BCUT2D eigenvalue weighted by Gasteiger charge is -2.20. The maximum Gasteiger partial charge on any atom is 0.416 e. The Hall–Kier alpha value is -2.36. The number of nitrogens with one attached hydrogen (secondary N) is 1. The molecule has 0 aliphatic carbocycles. The fourth-order valence-electron chi connectivity index (χ4n) is 2.77. The van der Waals surface area contributed by atoms with Gasteiger partial charge in [-0.15, -0.1) is 0 Å². The number of rotatable bonds is 5. The van der Waals surface area contributed by atoms with Crippen LogP contribution in [0.4, 0.5) is 24.5 Å². The summed E-state index contributed by atoms with van der Waals surface area (Å²) in [6.45, 7) is 3.08. The number of anilines is 1. The van der Waals surface area contributed by atoms with Crippen LogP contribution in [0.25, 0.3) is 0 Å². The summed E-state index contributed by atoms with van der Waals surface area (Å²) >= 11 is 0. The largest absolute Gasteiger partial charge is 0.416 e. The number of likely N-dealkylation sites (N-methyl/N-ethyl adjacent to an activating group) is 1. The minimum atomic E-state index is -4.65. The molecule has 0 radical (unpaired) electrons. The topological polar surface area (TPSA) is 78.7 Å². The van der Waals surface area contributed by atoms with Crippen molar-refractivity contribution in [1.29, 1.82) is 0 Å². The number of nitro groups is 1. The van der Waals surface area contributed by atoms with E-state index in [9.17, 15) is 28.1 Å². The highest BCUT2D eigenvalue weighted by Crippen LogP contribution is 2.34. The highest BCUT2D eigenvalue weighted by Gasteiger charge is 2.33. The summed E-state index contributed by atoms with van der Waals surface area (Å²) in [5, 5.41) is 13.7. The molecule has 144 valence electrons. The smallest absolute Gasteiger partial charge is 0.379 e. The lowest BCUT2D eigenvalue weighted by Crippen LogP contribution is -2.35. The van der Waals surface area contributed by atoms with Crippen LogP contribution in [0.2, 0.25) is 0 Å². The molecule has 1 aliphatic heterocycles. The SMILES string of the molecule is CN1CCCN(C(=O)CCNc2ccc(C(F)(F)F)cc2[N+](=O)[O-])CC1. The Morgan fingerprint density at radius 3 is 2.65 bits per heavy atom. The summed E-state index contributed by atoms with van der Waals surface area (Å²) in [6.07, 6.45) is -3.67. The summed E-state index contributed by atoms with van der Waals surface area (Å²) in [4.78, 5) is 26.3. The predicted octanol–water partition coefficient (Wildman–Crippen LogP) is 2.58. The van der Waals surface area contributed by atoms with E-state index in [-0.39, 0.29) is 24.6 Å². The standard InChI is InChI=1S/C16H21F3N4O3/c1-21-7-2-8-22(10-9-21)15(24)5-6-20-13-4-3-12(16(17,18)19)11-14(13)23(25)26/h3-4,11,20H,2,5-10H2,1H3. The molecule has 1 heterocycles. The minimum absolute atomic E-state index is 0.0357. The van der Waals surface area contributed by atoms with Crippen molar-refractivity contribution in [3.63, 3.8) is 0 Å². The van der Waals surface area contributed by atoms with Crippen molar-refractivity contribution < 1.29 is 22.9 Å². The third-order valence-corrected chi connectivity index (χ3v) is 4.25. The first-order valence-corrected chi connectivity index (χ1v) is 8.24. The first kappa shape index (κ1) is 20.0. The highest BCUT2D eigenvalue weighted by atomic mass is 19.4. The normalized spacial score (nSPS) is 16.2. The number of carbonyl (C=O) groups excluding carboxylic acids is 1. The summed E-state index contributed by atoms with van der Waals surface area (Å²) in [5.74, 6) is -0.0811. The number of benzene rings is 1. The third kappa shape index (κ3) is 5.32. The van der Waals surface area contributed by atoms with E-state index < -0.39 is 22.4 Å². The van der Waals surface area contributed by atoms with Gasteiger partial charge in [0, 0.05) is 38.7 Å². The van der Waals surface area contributed by atoms with Crippen LogP contribution in [-0.2, 0) is 11.0 Å². The summed E-state index contributed by atoms with van der Waals surface area (Å²) in [7, 11) is 1.99. The molecule has 1 fully saturated rings. The summed E-state index contributed by atoms with van der Waals surface area (Å²) < 4.78 is 38.1. The van der Waals surface area contributed by atoms with E-state index in [2.05, 4.69) is 10.2 Å². The average Bonchev–Trinajstić information content (AvgIpc) is 2.78. The Kier molecular flexibility index (Phi) is 6.41. The van der Waals surface area contributed by atoms with E-state index in [1.165, 1.54) is 0 Å². The van der Waals surface area contributed by atoms with Crippen molar-refractivity contribution in [2.75, 3.05) is 45.1 Å². The third-order valence-electron chi connectivity index (χ3n) is 4.25. The van der Waals surface area contributed by atoms with Gasteiger partial charge in [-0.1, -0.05) is 0 Å². The molecule has 1 aromatic carbocycles. The molecule has 1 saturated heterocycles. The van der Waals surface area contributed by atoms with Crippen LogP contribution < -0.4 is 5.32 Å². The van der Waals surface area contributed by atoms with Crippen molar-refractivity contribution >= 4 is 17.3 Å². The zero-order chi connectivity index (χ0) is 19.3. The van der Waals surface area contributed by atoms with Gasteiger partial charge in [0.1, 0.15) is 5.69 Å². The Morgan fingerprint density at radius 2 is 2.00 bits per heavy atom. The molecule has 0 bridgehead atoms. The highest BCUT2D eigenvalue weighted by molar-refractivity contribution is 5.77. The van der Waals surface area contributed by atoms with Crippen LogP contribution in [0.15, 0.2) is 18.2 Å². The number of hydrogen-bond donors (Lipinski definition) is 1. The van der Waals surface area contributed by atoms with Gasteiger partial charge in [-0.3, -0.25) is 14.9 Å². The molecule has 1 aromatic rings. The molecule has 0 aromatic heterocycles. The molecule has 1 aliphatic rings. The van der Waals surface area contributed by atoms with Crippen molar-refractivity contribution in [3.05, 3.63) is 33.9 Å². The second kappa shape index (κ2) is 8.35. The maximum absolute atomic E-state index is 12.7. The molecule has 0 atom stereocenters. The second-order valence-corrected chi connectivity index (χ2v) is 6.20. The fourth-order valence-corrected chi connectivity index (χ4v) is 2.77. The van der Waals surface area contributed by atoms with Crippen LogP contribution in [-0.4, -0.2) is 60.4 Å². The molecular formula is C16H21F3N4O3. The molecule has 0 spiro atoms. The van der Waals surface area contributed by atoms with E-state index >= 15 is 0 Å². The van der Waals surface area contributed by atoms with E-state index in [0.717, 1.165) is 31.6 Å². The fraction of sp³-hybridized carbons (Fsp3) is 0.562. The molecule has 0 saturated carbocycles. The summed E-state index contributed by atoms with van der Waals surface area (Å²) in [5.41, 5.74) is -1.78. The molecule has 7 nitrogen and oxygen atoms in total. The van der Waals surface area contributed by atoms with Crippen LogP contribution >= 0.6 is 0 Å². The number of hydrogen-bond acceptors (Lipinski definition) is 5. The minimum Gasteiger partial charge on any atom is -0.379 e. The van der Waals surface area contributed by atoms with E-state index in [1.807, 2.05) is 7.05 Å². The molecule has 2 rings (SSSR count). The Balaban J connectivity index is 1.96. The van der Waals surface area contributed by atoms with Gasteiger partial charge >= 0.3 is 6.18 Å². The lowest BCUT2D eigenvalue weighted by molar-refractivity contribution is -0.384. The molecule has 10 heteroatoms. The van der Waals surface area contributed by atoms with Gasteiger partial charge in [-0.05, 0) is 32.1 Å². The first-order valence-electron chi connectivity index (χ1n) is 8.24. The second-order valence-electron chi connectivity index (χ2n) is 6.20. The van der Waals surface area contributed by atoms with Crippen molar-refractivity contribution in [2.24, 2.45) is 0 Å². The van der Waals surface area contributed by atoms with Gasteiger partial charge < -0.3 is 15.1 Å². The van der Waals surface area contributed by atoms with Gasteiger partial charge in [0.05, 0.1) is 10.5 Å². The van der Waals surface area contributed by atoms with Gasteiger partial charge in [-0.2, -0.15) is 13.2 Å². The number of halogens is 3. The van der Waals surface area contributed by atoms with Crippen LogP contribution in [0.3, 0.4) is 0 Å². The number of nitrogens with zero attached hydrogens (tertiary/aromatic N) is 3.